The van der Waals surface area contributed by atoms with Crippen molar-refractivity contribution in [1.82, 2.24) is 9.29 Å². The van der Waals surface area contributed by atoms with Gasteiger partial charge in [0.1, 0.15) is 5.82 Å². The summed E-state index contributed by atoms with van der Waals surface area (Å²) in [5.41, 5.74) is 2.61. The number of pyridine rings is 1. The number of piperidine rings is 1. The lowest BCUT2D eigenvalue weighted by Crippen LogP contribution is -2.32. The molecule has 0 bridgehead atoms. The number of hydrogen-bond acceptors (Lipinski definition) is 5. The van der Waals surface area contributed by atoms with Crippen molar-refractivity contribution in [2.45, 2.75) is 19.8 Å². The minimum Gasteiger partial charge on any atom is -0.372 e. The average molecular weight is 390 g/mol. The Kier molecular flexibility index (Phi) is 5.86. The van der Waals surface area contributed by atoms with Crippen LogP contribution in [0.4, 0.5) is 22.9 Å². The van der Waals surface area contributed by atoms with E-state index < -0.39 is 10.2 Å². The van der Waals surface area contributed by atoms with E-state index in [0.29, 0.717) is 11.5 Å². The van der Waals surface area contributed by atoms with Crippen molar-refractivity contribution in [2.75, 3.05) is 42.1 Å². The van der Waals surface area contributed by atoms with Gasteiger partial charge in [-0.2, -0.15) is 12.7 Å². The summed E-state index contributed by atoms with van der Waals surface area (Å²) in [6, 6.07) is 11.7. The van der Waals surface area contributed by atoms with Gasteiger partial charge in [-0.15, -0.1) is 0 Å². The quantitative estimate of drug-likeness (QED) is 0.793. The second-order valence-electron chi connectivity index (χ2n) is 7.16. The molecule has 0 saturated carbocycles. The molecule has 1 aliphatic rings. The molecule has 0 amide bonds. The van der Waals surface area contributed by atoms with Gasteiger partial charge in [0.15, 0.2) is 0 Å². The Morgan fingerprint density at radius 2 is 1.67 bits per heavy atom. The van der Waals surface area contributed by atoms with Crippen LogP contribution in [0.25, 0.3) is 0 Å². The largest absolute Gasteiger partial charge is 0.372 e. The third-order valence-corrected chi connectivity index (χ3v) is 6.23. The highest BCUT2D eigenvalue weighted by Gasteiger charge is 2.16. The van der Waals surface area contributed by atoms with Crippen LogP contribution in [0.2, 0.25) is 0 Å². The number of benzene rings is 1. The van der Waals surface area contributed by atoms with Crippen molar-refractivity contribution >= 4 is 33.1 Å². The molecule has 7 nitrogen and oxygen atoms in total. The molecule has 3 rings (SSSR count). The van der Waals surface area contributed by atoms with Crippen molar-refractivity contribution in [2.24, 2.45) is 5.92 Å². The van der Waals surface area contributed by atoms with E-state index in [0.717, 1.165) is 29.0 Å². The van der Waals surface area contributed by atoms with Gasteiger partial charge in [-0.1, -0.05) is 6.92 Å². The summed E-state index contributed by atoms with van der Waals surface area (Å²) in [6.45, 7) is 4.54. The molecular formula is C19H27N5O2S. The van der Waals surface area contributed by atoms with Crippen LogP contribution in [0.3, 0.4) is 0 Å². The van der Waals surface area contributed by atoms with Crippen molar-refractivity contribution in [3.63, 3.8) is 0 Å². The first-order chi connectivity index (χ1) is 12.8. The highest BCUT2D eigenvalue weighted by atomic mass is 32.2. The molecule has 1 aromatic heterocycles. The molecule has 2 heterocycles. The van der Waals surface area contributed by atoms with Crippen LogP contribution in [0, 0.1) is 5.92 Å². The molecule has 146 valence electrons. The highest BCUT2D eigenvalue weighted by Crippen LogP contribution is 2.25. The van der Waals surface area contributed by atoms with E-state index >= 15 is 0 Å². The van der Waals surface area contributed by atoms with Crippen molar-refractivity contribution in [3.8, 4) is 0 Å². The van der Waals surface area contributed by atoms with Gasteiger partial charge in [0.2, 0.25) is 0 Å². The normalized spacial score (nSPS) is 15.8. The Labute approximate surface area is 161 Å². The molecule has 1 fully saturated rings. The Hall–Kier alpha value is -2.32. The third-order valence-electron chi connectivity index (χ3n) is 4.78. The molecule has 0 radical (unpaired) electrons. The maximum absolute atomic E-state index is 11.8. The first-order valence-corrected chi connectivity index (χ1v) is 10.6. The Morgan fingerprint density at radius 1 is 1.04 bits per heavy atom. The lowest BCUT2D eigenvalue weighted by atomic mass is 9.99. The molecular weight excluding hydrogens is 362 g/mol. The van der Waals surface area contributed by atoms with Gasteiger partial charge in [-0.25, -0.2) is 4.98 Å². The number of nitrogens with one attached hydrogen (secondary N) is 2. The van der Waals surface area contributed by atoms with Gasteiger partial charge in [-0.3, -0.25) is 4.72 Å². The fraction of sp³-hybridized carbons (Fsp3) is 0.421. The van der Waals surface area contributed by atoms with Crippen LogP contribution >= 0.6 is 0 Å². The predicted octanol–water partition coefficient (Wildman–Crippen LogP) is 3.28. The number of anilines is 4. The second kappa shape index (κ2) is 8.14. The summed E-state index contributed by atoms with van der Waals surface area (Å²) in [4.78, 5) is 6.70. The van der Waals surface area contributed by atoms with Crippen LogP contribution in [-0.2, 0) is 10.2 Å². The van der Waals surface area contributed by atoms with Crippen LogP contribution in [0.15, 0.2) is 42.6 Å². The van der Waals surface area contributed by atoms with Crippen LogP contribution in [0.1, 0.15) is 19.8 Å². The molecule has 1 saturated heterocycles. The molecule has 0 spiro atoms. The van der Waals surface area contributed by atoms with Crippen molar-refractivity contribution < 1.29 is 8.42 Å². The molecule has 1 aliphatic heterocycles. The average Bonchev–Trinajstić information content (AvgIpc) is 2.64. The maximum atomic E-state index is 11.8. The Bertz CT molecular complexity index is 843. The van der Waals surface area contributed by atoms with E-state index in [1.54, 1.807) is 12.1 Å². The number of hydrogen-bond donors (Lipinski definition) is 2. The van der Waals surface area contributed by atoms with Crippen LogP contribution in [0.5, 0.6) is 0 Å². The minimum atomic E-state index is -3.52. The second-order valence-corrected chi connectivity index (χ2v) is 9.05. The van der Waals surface area contributed by atoms with Gasteiger partial charge >= 0.3 is 10.2 Å². The van der Waals surface area contributed by atoms with E-state index in [9.17, 15) is 8.42 Å². The zero-order valence-electron chi connectivity index (χ0n) is 16.0. The lowest BCUT2D eigenvalue weighted by molar-refractivity contribution is 0.438. The van der Waals surface area contributed by atoms with Crippen molar-refractivity contribution in [3.05, 3.63) is 42.6 Å². The summed E-state index contributed by atoms with van der Waals surface area (Å²) >= 11 is 0. The van der Waals surface area contributed by atoms with Gasteiger partial charge < -0.3 is 10.2 Å². The summed E-state index contributed by atoms with van der Waals surface area (Å²) in [5.74, 6) is 1.47. The number of aromatic nitrogens is 1. The fourth-order valence-corrected chi connectivity index (χ4v) is 3.54. The van der Waals surface area contributed by atoms with Gasteiger partial charge in [0, 0.05) is 38.6 Å². The van der Waals surface area contributed by atoms with Gasteiger partial charge in [-0.05, 0) is 55.2 Å². The molecule has 0 aliphatic carbocycles. The third kappa shape index (κ3) is 5.11. The molecule has 27 heavy (non-hydrogen) atoms. The molecule has 2 N–H and O–H groups in total. The van der Waals surface area contributed by atoms with E-state index in [1.807, 2.05) is 12.1 Å². The molecule has 8 heteroatoms. The van der Waals surface area contributed by atoms with E-state index in [2.05, 4.69) is 39.0 Å². The minimum absolute atomic E-state index is 0.420. The Balaban J connectivity index is 1.60. The summed E-state index contributed by atoms with van der Waals surface area (Å²) in [7, 11) is -0.580. The number of nitrogens with zero attached hydrogens (tertiary/aromatic N) is 3. The molecule has 1 aromatic carbocycles. The lowest BCUT2D eigenvalue weighted by Gasteiger charge is -2.32. The smallest absolute Gasteiger partial charge is 0.301 e. The van der Waals surface area contributed by atoms with Crippen LogP contribution < -0.4 is 14.9 Å². The molecule has 0 unspecified atom stereocenters. The fourth-order valence-electron chi connectivity index (χ4n) is 2.94. The summed E-state index contributed by atoms with van der Waals surface area (Å²) < 4.78 is 27.2. The SMILES string of the molecule is CC1CCN(c2ccc(Nc3ccc(NS(=O)(=O)N(C)C)cn3)cc2)CC1. The first-order valence-electron chi connectivity index (χ1n) is 9.12. The number of rotatable bonds is 6. The maximum Gasteiger partial charge on any atom is 0.301 e. The zero-order valence-corrected chi connectivity index (χ0v) is 16.8. The van der Waals surface area contributed by atoms with E-state index in [-0.39, 0.29) is 0 Å². The summed E-state index contributed by atoms with van der Waals surface area (Å²) in [6.07, 6.45) is 3.98. The first kappa shape index (κ1) is 19.4. The van der Waals surface area contributed by atoms with Gasteiger partial charge in [0.05, 0.1) is 11.9 Å². The van der Waals surface area contributed by atoms with Crippen LogP contribution in [-0.4, -0.2) is 44.9 Å². The zero-order chi connectivity index (χ0) is 19.4. The predicted molar refractivity (Wildman–Crippen MR) is 111 cm³/mol. The highest BCUT2D eigenvalue weighted by molar-refractivity contribution is 7.90. The topological polar surface area (TPSA) is 77.6 Å². The van der Waals surface area contributed by atoms with E-state index in [4.69, 9.17) is 0 Å². The Morgan fingerprint density at radius 3 is 2.22 bits per heavy atom. The molecule has 2 aromatic rings. The van der Waals surface area contributed by atoms with E-state index in [1.165, 1.54) is 38.8 Å². The van der Waals surface area contributed by atoms with Gasteiger partial charge in [0.25, 0.3) is 0 Å². The van der Waals surface area contributed by atoms with Crippen molar-refractivity contribution in [1.29, 1.82) is 0 Å². The summed E-state index contributed by atoms with van der Waals surface area (Å²) in [5, 5.41) is 3.24. The molecule has 0 atom stereocenters. The standard InChI is InChI=1S/C19H27N5O2S/c1-15-10-12-24(13-11-15)18-7-4-16(5-8-18)21-19-9-6-17(14-20-19)22-27(25,26)23(2)3/h4-9,14-15,22H,10-13H2,1-3H3,(H,20,21). The monoisotopic (exact) mass is 389 g/mol.